The highest BCUT2D eigenvalue weighted by Crippen LogP contribution is 2.25. The van der Waals surface area contributed by atoms with Crippen LogP contribution in [0.15, 0.2) is 48.8 Å². The van der Waals surface area contributed by atoms with Crippen LogP contribution in [0.2, 0.25) is 5.02 Å². The Morgan fingerprint density at radius 1 is 1.24 bits per heavy atom. The molecule has 1 N–H and O–H groups in total. The predicted octanol–water partition coefficient (Wildman–Crippen LogP) is 3.69. The van der Waals surface area contributed by atoms with Crippen molar-refractivity contribution in [3.8, 4) is 11.7 Å². The SMILES string of the molecule is CN(C)CCCc1cnn(-c2cc(C(=O)O)ccn2)c1OCc1ccc(Cl)cc1. The lowest BCUT2D eigenvalue weighted by Crippen LogP contribution is -2.13. The van der Waals surface area contributed by atoms with E-state index in [2.05, 4.69) is 15.0 Å². The van der Waals surface area contributed by atoms with Crippen molar-refractivity contribution in [2.24, 2.45) is 0 Å². The van der Waals surface area contributed by atoms with Gasteiger partial charge in [-0.1, -0.05) is 23.7 Å². The topological polar surface area (TPSA) is 80.5 Å². The summed E-state index contributed by atoms with van der Waals surface area (Å²) in [5.41, 5.74) is 2.06. The number of carbonyl (C=O) groups is 1. The Balaban J connectivity index is 1.88. The molecule has 2 heterocycles. The minimum absolute atomic E-state index is 0.142. The molecular formula is C21H23ClN4O3. The van der Waals surface area contributed by atoms with E-state index in [0.717, 1.165) is 30.5 Å². The Kier molecular flexibility index (Phi) is 6.85. The summed E-state index contributed by atoms with van der Waals surface area (Å²) in [5.74, 6) is -0.0562. The van der Waals surface area contributed by atoms with Gasteiger partial charge in [0.2, 0.25) is 5.88 Å². The number of hydrogen-bond donors (Lipinski definition) is 1. The second-order valence-electron chi connectivity index (χ2n) is 6.92. The van der Waals surface area contributed by atoms with Crippen LogP contribution in [0.1, 0.15) is 27.9 Å². The van der Waals surface area contributed by atoms with Crippen LogP contribution < -0.4 is 4.74 Å². The van der Waals surface area contributed by atoms with Gasteiger partial charge < -0.3 is 14.7 Å². The first kappa shape index (κ1) is 20.8. The standard InChI is InChI=1S/C21H23ClN4O3/c1-25(2)11-3-4-17-13-24-26(19-12-16(21(27)28)9-10-23-19)20(17)29-14-15-5-7-18(22)8-6-15/h5-10,12-13H,3-4,11,14H2,1-2H3,(H,27,28). The van der Waals surface area contributed by atoms with Crippen LogP contribution in [0.25, 0.3) is 5.82 Å². The third-order valence-corrected chi connectivity index (χ3v) is 4.60. The van der Waals surface area contributed by atoms with Crippen molar-refractivity contribution in [3.63, 3.8) is 0 Å². The van der Waals surface area contributed by atoms with E-state index in [9.17, 15) is 9.90 Å². The number of hydrogen-bond acceptors (Lipinski definition) is 5. The normalized spacial score (nSPS) is 11.0. The Labute approximate surface area is 174 Å². The number of carboxylic acids is 1. The van der Waals surface area contributed by atoms with E-state index >= 15 is 0 Å². The number of halogens is 1. The second kappa shape index (κ2) is 9.54. The average Bonchev–Trinajstić information content (AvgIpc) is 3.10. The van der Waals surface area contributed by atoms with Crippen molar-refractivity contribution in [2.75, 3.05) is 20.6 Å². The molecule has 0 atom stereocenters. The number of pyridine rings is 1. The Morgan fingerprint density at radius 2 is 2.00 bits per heavy atom. The fraction of sp³-hybridized carbons (Fsp3) is 0.286. The van der Waals surface area contributed by atoms with Crippen molar-refractivity contribution < 1.29 is 14.6 Å². The monoisotopic (exact) mass is 414 g/mol. The smallest absolute Gasteiger partial charge is 0.335 e. The van der Waals surface area contributed by atoms with E-state index in [1.165, 1.54) is 18.3 Å². The van der Waals surface area contributed by atoms with Crippen LogP contribution >= 0.6 is 11.6 Å². The molecule has 2 aromatic heterocycles. The number of benzene rings is 1. The molecule has 0 fully saturated rings. The zero-order valence-corrected chi connectivity index (χ0v) is 17.1. The van der Waals surface area contributed by atoms with E-state index in [1.54, 1.807) is 10.9 Å². The Morgan fingerprint density at radius 3 is 2.69 bits per heavy atom. The number of nitrogens with zero attached hydrogens (tertiary/aromatic N) is 4. The first-order valence-electron chi connectivity index (χ1n) is 9.22. The van der Waals surface area contributed by atoms with E-state index in [-0.39, 0.29) is 5.56 Å². The average molecular weight is 415 g/mol. The number of aromatic nitrogens is 3. The van der Waals surface area contributed by atoms with E-state index in [1.807, 2.05) is 38.4 Å². The number of aryl methyl sites for hydroxylation is 1. The van der Waals surface area contributed by atoms with Crippen molar-refractivity contribution in [1.29, 1.82) is 0 Å². The van der Waals surface area contributed by atoms with Crippen LogP contribution in [0.5, 0.6) is 5.88 Å². The number of rotatable bonds is 9. The molecule has 152 valence electrons. The van der Waals surface area contributed by atoms with Crippen molar-refractivity contribution in [2.45, 2.75) is 19.4 Å². The lowest BCUT2D eigenvalue weighted by atomic mass is 10.2. The van der Waals surface area contributed by atoms with Crippen LogP contribution in [-0.2, 0) is 13.0 Å². The Bertz CT molecular complexity index is 970. The largest absolute Gasteiger partial charge is 0.478 e. The molecule has 3 aromatic rings. The second-order valence-corrected chi connectivity index (χ2v) is 7.35. The predicted molar refractivity (Wildman–Crippen MR) is 111 cm³/mol. The minimum atomic E-state index is -1.02. The van der Waals surface area contributed by atoms with Crippen molar-refractivity contribution in [1.82, 2.24) is 19.7 Å². The maximum absolute atomic E-state index is 11.3. The third-order valence-electron chi connectivity index (χ3n) is 4.35. The van der Waals surface area contributed by atoms with Crippen LogP contribution in [0, 0.1) is 0 Å². The molecule has 0 saturated carbocycles. The van der Waals surface area contributed by atoms with Crippen LogP contribution in [0.4, 0.5) is 0 Å². The molecule has 0 aliphatic heterocycles. The molecule has 0 spiro atoms. The van der Waals surface area contributed by atoms with Crippen LogP contribution in [-0.4, -0.2) is 51.4 Å². The number of carboxylic acid groups (broad SMARTS) is 1. The summed E-state index contributed by atoms with van der Waals surface area (Å²) in [5, 5.41) is 14.3. The highest BCUT2D eigenvalue weighted by molar-refractivity contribution is 6.30. The molecule has 0 saturated heterocycles. The molecule has 1 aromatic carbocycles. The van der Waals surface area contributed by atoms with E-state index in [4.69, 9.17) is 16.3 Å². The summed E-state index contributed by atoms with van der Waals surface area (Å²) in [6, 6.07) is 10.4. The summed E-state index contributed by atoms with van der Waals surface area (Å²) < 4.78 is 7.65. The van der Waals surface area contributed by atoms with E-state index < -0.39 is 5.97 Å². The van der Waals surface area contributed by atoms with Gasteiger partial charge in [0.1, 0.15) is 6.61 Å². The van der Waals surface area contributed by atoms with Gasteiger partial charge in [-0.15, -0.1) is 0 Å². The van der Waals surface area contributed by atoms with Gasteiger partial charge in [-0.25, -0.2) is 9.78 Å². The minimum Gasteiger partial charge on any atom is -0.478 e. The van der Waals surface area contributed by atoms with Crippen molar-refractivity contribution >= 4 is 17.6 Å². The molecule has 0 bridgehead atoms. The molecule has 0 amide bonds. The van der Waals surface area contributed by atoms with Crippen LogP contribution in [0.3, 0.4) is 0 Å². The van der Waals surface area contributed by atoms with Gasteiger partial charge in [-0.2, -0.15) is 9.78 Å². The molecule has 0 aliphatic rings. The fourth-order valence-electron chi connectivity index (χ4n) is 2.84. The molecule has 0 aliphatic carbocycles. The number of aromatic carboxylic acids is 1. The summed E-state index contributed by atoms with van der Waals surface area (Å²) >= 11 is 5.95. The molecular weight excluding hydrogens is 392 g/mol. The lowest BCUT2D eigenvalue weighted by molar-refractivity contribution is 0.0696. The summed E-state index contributed by atoms with van der Waals surface area (Å²) in [6.07, 6.45) is 4.93. The van der Waals surface area contributed by atoms with Gasteiger partial charge in [0.05, 0.1) is 11.8 Å². The van der Waals surface area contributed by atoms with Gasteiger partial charge in [0, 0.05) is 16.8 Å². The zero-order valence-electron chi connectivity index (χ0n) is 16.4. The molecule has 0 radical (unpaired) electrons. The van der Waals surface area contributed by atoms with Crippen molar-refractivity contribution in [3.05, 3.63) is 70.5 Å². The fourth-order valence-corrected chi connectivity index (χ4v) is 2.97. The quantitative estimate of drug-likeness (QED) is 0.575. The molecule has 7 nitrogen and oxygen atoms in total. The molecule has 8 heteroatoms. The summed E-state index contributed by atoms with van der Waals surface area (Å²) in [6.45, 7) is 1.27. The first-order chi connectivity index (χ1) is 13.9. The van der Waals surface area contributed by atoms with Gasteiger partial charge >= 0.3 is 5.97 Å². The zero-order chi connectivity index (χ0) is 20.8. The van der Waals surface area contributed by atoms with Gasteiger partial charge in [-0.05, 0) is 63.3 Å². The number of ether oxygens (including phenoxy) is 1. The molecule has 3 rings (SSSR count). The maximum Gasteiger partial charge on any atom is 0.335 e. The van der Waals surface area contributed by atoms with Gasteiger partial charge in [0.25, 0.3) is 0 Å². The summed E-state index contributed by atoms with van der Waals surface area (Å²) in [7, 11) is 4.06. The van der Waals surface area contributed by atoms with Gasteiger partial charge in [0.15, 0.2) is 5.82 Å². The highest BCUT2D eigenvalue weighted by Gasteiger charge is 2.16. The van der Waals surface area contributed by atoms with Gasteiger partial charge in [-0.3, -0.25) is 0 Å². The summed E-state index contributed by atoms with van der Waals surface area (Å²) in [4.78, 5) is 17.7. The third kappa shape index (κ3) is 5.56. The lowest BCUT2D eigenvalue weighted by Gasteiger charge is -2.13. The maximum atomic E-state index is 11.3. The molecule has 0 unspecified atom stereocenters. The highest BCUT2D eigenvalue weighted by atomic mass is 35.5. The first-order valence-corrected chi connectivity index (χ1v) is 9.60. The Hall–Kier alpha value is -2.90. The van der Waals surface area contributed by atoms with E-state index in [0.29, 0.717) is 23.3 Å². The molecule has 29 heavy (non-hydrogen) atoms.